The lowest BCUT2D eigenvalue weighted by Gasteiger charge is -2.70. The van der Waals surface area contributed by atoms with E-state index in [0.29, 0.717) is 40.6 Å². The molecule has 43 heavy (non-hydrogen) atoms. The van der Waals surface area contributed by atoms with Gasteiger partial charge >= 0.3 is 0 Å². The zero-order valence-electron chi connectivity index (χ0n) is 30.6. The van der Waals surface area contributed by atoms with Crippen LogP contribution in [0.1, 0.15) is 141 Å². The molecule has 0 saturated heterocycles. The van der Waals surface area contributed by atoms with Crippen molar-refractivity contribution in [1.82, 2.24) is 0 Å². The first-order chi connectivity index (χ1) is 19.7. The number of rotatable bonds is 7. The Labute approximate surface area is 267 Å². The summed E-state index contributed by atoms with van der Waals surface area (Å²) < 4.78 is 6.94. The Morgan fingerprint density at radius 1 is 1.00 bits per heavy atom. The van der Waals surface area contributed by atoms with E-state index in [0.717, 1.165) is 18.3 Å². The Bertz CT molecular complexity index is 1160. The lowest BCUT2D eigenvalue weighted by atomic mass is 9.35. The van der Waals surface area contributed by atoms with E-state index in [1.165, 1.54) is 50.5 Å². The fraction of sp³-hybridized carbons (Fsp3) is 0.854. The lowest BCUT2D eigenvalue weighted by molar-refractivity contribution is -0.160. The van der Waals surface area contributed by atoms with Gasteiger partial charge in [-0.3, -0.25) is 0 Å². The third-order valence-electron chi connectivity index (χ3n) is 15.9. The molecule has 1 spiro atoms. The van der Waals surface area contributed by atoms with Crippen LogP contribution in [0.3, 0.4) is 0 Å². The van der Waals surface area contributed by atoms with Crippen LogP contribution in [0.5, 0.6) is 0 Å². The van der Waals surface area contributed by atoms with Gasteiger partial charge in [0.1, 0.15) is 0 Å². The molecule has 2 N–H and O–H groups in total. The molecule has 2 nitrogen and oxygen atoms in total. The minimum Gasteiger partial charge on any atom is -0.371 e. The highest BCUT2D eigenvalue weighted by atomic mass is 16.5. The number of ether oxygens (including phenoxy) is 1. The predicted molar refractivity (Wildman–Crippen MR) is 185 cm³/mol. The quantitative estimate of drug-likeness (QED) is 0.299. The van der Waals surface area contributed by atoms with E-state index in [4.69, 9.17) is 10.5 Å². The van der Waals surface area contributed by atoms with Gasteiger partial charge in [0, 0.05) is 11.0 Å². The van der Waals surface area contributed by atoms with E-state index in [9.17, 15) is 0 Å². The minimum absolute atomic E-state index is 0.00975. The molecule has 3 saturated carbocycles. The average molecular weight is 592 g/mol. The Kier molecular flexibility index (Phi) is 8.25. The molecule has 0 aliphatic heterocycles. The second-order valence-electron chi connectivity index (χ2n) is 19.1. The molecular weight excluding hydrogens is 522 g/mol. The van der Waals surface area contributed by atoms with Gasteiger partial charge in [0.2, 0.25) is 0 Å². The molecule has 3 fully saturated rings. The summed E-state index contributed by atoms with van der Waals surface area (Å²) in [6.07, 6.45) is 21.2. The fourth-order valence-corrected chi connectivity index (χ4v) is 11.5. The van der Waals surface area contributed by atoms with E-state index in [1.54, 1.807) is 0 Å². The van der Waals surface area contributed by atoms with Gasteiger partial charge in [-0.25, -0.2) is 0 Å². The van der Waals surface area contributed by atoms with Crippen LogP contribution < -0.4 is 5.73 Å². The molecule has 0 heterocycles. The summed E-state index contributed by atoms with van der Waals surface area (Å²) in [7, 11) is 0. The van der Waals surface area contributed by atoms with E-state index in [1.807, 2.05) is 5.57 Å². The van der Waals surface area contributed by atoms with Crippen LogP contribution >= 0.6 is 0 Å². The Morgan fingerprint density at radius 2 is 1.67 bits per heavy atom. The first kappa shape index (κ1) is 33.5. The van der Waals surface area contributed by atoms with Crippen molar-refractivity contribution in [2.75, 3.05) is 6.61 Å². The van der Waals surface area contributed by atoms with E-state index in [2.05, 4.69) is 114 Å². The molecule has 5 aliphatic carbocycles. The van der Waals surface area contributed by atoms with E-state index >= 15 is 0 Å². The molecule has 244 valence electrons. The van der Waals surface area contributed by atoms with Crippen molar-refractivity contribution in [3.63, 3.8) is 0 Å². The normalized spacial score (nSPS) is 45.7. The average Bonchev–Trinajstić information content (AvgIpc) is 2.91. The van der Waals surface area contributed by atoms with Crippen LogP contribution in [0.25, 0.3) is 0 Å². The van der Waals surface area contributed by atoms with Crippen LogP contribution in [0.15, 0.2) is 35.5 Å². The lowest BCUT2D eigenvalue weighted by Crippen LogP contribution is -2.63. The number of fused-ring (bicyclic) bond motifs is 3. The molecule has 0 aromatic carbocycles. The number of allylic oxidation sites excluding steroid dienone is 5. The summed E-state index contributed by atoms with van der Waals surface area (Å²) in [5.74, 6) is 3.43. The minimum atomic E-state index is -0.368. The van der Waals surface area contributed by atoms with Gasteiger partial charge in [-0.1, -0.05) is 106 Å². The summed E-state index contributed by atoms with van der Waals surface area (Å²) in [6, 6.07) is 0. The third kappa shape index (κ3) is 4.67. The summed E-state index contributed by atoms with van der Waals surface area (Å²) in [4.78, 5) is 0. The molecule has 5 aliphatic rings. The highest BCUT2D eigenvalue weighted by molar-refractivity contribution is 5.38. The highest BCUT2D eigenvalue weighted by Gasteiger charge is 2.67. The molecule has 5 rings (SSSR count). The van der Waals surface area contributed by atoms with Crippen molar-refractivity contribution in [2.24, 2.45) is 67.8 Å². The zero-order valence-corrected chi connectivity index (χ0v) is 30.6. The standard InChI is InChI=1S/C41H69NO/c1-14-30-24-36(10,34(30)43-26-38(12,42)35(7,8)9)33-17-16-31-32(39(33,13)28(4)5)18-21-41-20-15-19-40(25-41,29(6)27(2)3)23-22-37(31,41)11/h14-15,18,20,27-29,31,33-34H,16-17,19,21-26,42H2,1-13H3/b30-14-/t29-,31?,33?,34?,36+,37?,38+,39?,40+,41+/m1/s1. The van der Waals surface area contributed by atoms with Gasteiger partial charge in [-0.05, 0) is 127 Å². The summed E-state index contributed by atoms with van der Waals surface area (Å²) in [6.45, 7) is 32.2. The third-order valence-corrected chi connectivity index (χ3v) is 15.9. The van der Waals surface area contributed by atoms with Crippen molar-refractivity contribution >= 4 is 0 Å². The largest absolute Gasteiger partial charge is 0.371 e. The summed E-state index contributed by atoms with van der Waals surface area (Å²) >= 11 is 0. The van der Waals surface area contributed by atoms with Gasteiger partial charge in [-0.15, -0.1) is 0 Å². The molecule has 5 unspecified atom stereocenters. The molecule has 10 atom stereocenters. The molecule has 0 radical (unpaired) electrons. The van der Waals surface area contributed by atoms with Gasteiger partial charge in [-0.2, -0.15) is 0 Å². The monoisotopic (exact) mass is 592 g/mol. The van der Waals surface area contributed by atoms with Crippen LogP contribution in [0.4, 0.5) is 0 Å². The van der Waals surface area contributed by atoms with Crippen molar-refractivity contribution in [1.29, 1.82) is 0 Å². The first-order valence-corrected chi connectivity index (χ1v) is 18.2. The molecular formula is C41H69NO. The topological polar surface area (TPSA) is 35.2 Å². The van der Waals surface area contributed by atoms with Gasteiger partial charge in [0.15, 0.2) is 0 Å². The Hall–Kier alpha value is -0.860. The fourth-order valence-electron chi connectivity index (χ4n) is 11.5. The molecule has 0 aromatic rings. The van der Waals surface area contributed by atoms with Gasteiger partial charge < -0.3 is 10.5 Å². The highest BCUT2D eigenvalue weighted by Crippen LogP contribution is 2.75. The van der Waals surface area contributed by atoms with E-state index < -0.39 is 0 Å². The van der Waals surface area contributed by atoms with Crippen molar-refractivity contribution in [3.8, 4) is 0 Å². The van der Waals surface area contributed by atoms with Crippen molar-refractivity contribution in [2.45, 2.75) is 153 Å². The smallest absolute Gasteiger partial charge is 0.0845 e. The van der Waals surface area contributed by atoms with E-state index in [-0.39, 0.29) is 27.9 Å². The SMILES string of the molecule is C/C=C1/C[C@@](C)(C2CCC3C(=CC[C@]45C=CC[C@]([C@H](C)C(C)C)(CCC34C)C5)C2(C)C(C)C)C1OC[C@](C)(N)C(C)(C)C. The number of nitrogens with two attached hydrogens (primary N) is 1. The summed E-state index contributed by atoms with van der Waals surface area (Å²) in [5.41, 5.74) is 11.3. The second kappa shape index (κ2) is 10.6. The Morgan fingerprint density at radius 3 is 2.26 bits per heavy atom. The van der Waals surface area contributed by atoms with Crippen LogP contribution in [0, 0.1) is 62.1 Å². The van der Waals surface area contributed by atoms with Crippen LogP contribution in [0.2, 0.25) is 0 Å². The second-order valence-corrected chi connectivity index (χ2v) is 19.1. The number of hydrogen-bond acceptors (Lipinski definition) is 2. The predicted octanol–water partition coefficient (Wildman–Crippen LogP) is 10.9. The zero-order chi connectivity index (χ0) is 32.0. The number of hydrogen-bond donors (Lipinski definition) is 1. The first-order valence-electron chi connectivity index (χ1n) is 18.2. The maximum Gasteiger partial charge on any atom is 0.0845 e. The maximum atomic E-state index is 6.94. The van der Waals surface area contributed by atoms with Gasteiger partial charge in [0.25, 0.3) is 0 Å². The van der Waals surface area contributed by atoms with Crippen molar-refractivity contribution < 1.29 is 4.74 Å². The molecule has 0 aromatic heterocycles. The van der Waals surface area contributed by atoms with Gasteiger partial charge in [0.05, 0.1) is 12.7 Å². The molecule has 2 bridgehead atoms. The molecule has 2 heteroatoms. The maximum absolute atomic E-state index is 6.94. The van der Waals surface area contributed by atoms with Crippen molar-refractivity contribution in [3.05, 3.63) is 35.5 Å². The summed E-state index contributed by atoms with van der Waals surface area (Å²) in [5, 5.41) is 0. The van der Waals surface area contributed by atoms with Crippen LogP contribution in [-0.4, -0.2) is 18.2 Å². The Balaban J connectivity index is 1.50. The van der Waals surface area contributed by atoms with Crippen LogP contribution in [-0.2, 0) is 4.74 Å². The molecule has 0 amide bonds.